The number of alkyl halides is 3. The zero-order valence-corrected chi connectivity index (χ0v) is 10.4. The fraction of sp³-hybridized carbons (Fsp3) is 0.214. The minimum absolute atomic E-state index is 0.172. The summed E-state index contributed by atoms with van der Waals surface area (Å²) in [5.41, 5.74) is 5.71. The molecule has 20 heavy (non-hydrogen) atoms. The zero-order valence-electron chi connectivity index (χ0n) is 10.4. The van der Waals surface area contributed by atoms with Gasteiger partial charge in [-0.25, -0.2) is 4.39 Å². The molecule has 0 fully saturated rings. The van der Waals surface area contributed by atoms with Crippen LogP contribution in [0.15, 0.2) is 42.6 Å². The third-order valence-corrected chi connectivity index (χ3v) is 2.89. The van der Waals surface area contributed by atoms with Crippen molar-refractivity contribution in [2.45, 2.75) is 18.6 Å². The Kier molecular flexibility index (Phi) is 4.04. The van der Waals surface area contributed by atoms with Crippen LogP contribution in [0.4, 0.5) is 17.6 Å². The Balaban J connectivity index is 2.14. The van der Waals surface area contributed by atoms with Crippen molar-refractivity contribution >= 4 is 0 Å². The van der Waals surface area contributed by atoms with Crippen LogP contribution in [0.5, 0.6) is 0 Å². The van der Waals surface area contributed by atoms with Gasteiger partial charge >= 0.3 is 6.18 Å². The first-order valence-electron chi connectivity index (χ1n) is 5.90. The van der Waals surface area contributed by atoms with Crippen LogP contribution in [0.25, 0.3) is 0 Å². The van der Waals surface area contributed by atoms with E-state index in [4.69, 9.17) is 5.73 Å². The lowest BCUT2D eigenvalue weighted by atomic mass is 10.0. The molecule has 0 saturated heterocycles. The number of pyridine rings is 1. The summed E-state index contributed by atoms with van der Waals surface area (Å²) >= 11 is 0. The fourth-order valence-electron chi connectivity index (χ4n) is 1.80. The molecule has 6 heteroatoms. The summed E-state index contributed by atoms with van der Waals surface area (Å²) < 4.78 is 50.7. The molecule has 2 rings (SSSR count). The van der Waals surface area contributed by atoms with Crippen LogP contribution < -0.4 is 5.73 Å². The second-order valence-corrected chi connectivity index (χ2v) is 4.37. The molecular weight excluding hydrogens is 272 g/mol. The number of rotatable bonds is 3. The van der Waals surface area contributed by atoms with Crippen molar-refractivity contribution in [3.8, 4) is 0 Å². The number of halogens is 4. The third kappa shape index (κ3) is 3.33. The molecular formula is C14H12F4N2. The van der Waals surface area contributed by atoms with Crippen molar-refractivity contribution in [3.05, 3.63) is 65.2 Å². The molecule has 0 aliphatic carbocycles. The van der Waals surface area contributed by atoms with Gasteiger partial charge in [-0.15, -0.1) is 0 Å². The molecule has 1 heterocycles. The SMILES string of the molecule is NC(Cc1ccccc1F)c1ccc(C(F)(F)F)cn1. The first-order valence-corrected chi connectivity index (χ1v) is 5.90. The molecule has 0 spiro atoms. The third-order valence-electron chi connectivity index (χ3n) is 2.89. The Morgan fingerprint density at radius 3 is 2.35 bits per heavy atom. The first-order chi connectivity index (χ1) is 9.38. The Hall–Kier alpha value is -1.95. The molecule has 0 aliphatic rings. The highest BCUT2D eigenvalue weighted by atomic mass is 19.4. The molecule has 1 aromatic heterocycles. The summed E-state index contributed by atoms with van der Waals surface area (Å²) in [6.45, 7) is 0. The average molecular weight is 284 g/mol. The van der Waals surface area contributed by atoms with Gasteiger partial charge in [0, 0.05) is 6.20 Å². The molecule has 0 amide bonds. The monoisotopic (exact) mass is 284 g/mol. The second-order valence-electron chi connectivity index (χ2n) is 4.37. The summed E-state index contributed by atoms with van der Waals surface area (Å²) in [6, 6.07) is 7.60. The van der Waals surface area contributed by atoms with Crippen LogP contribution in [0.1, 0.15) is 22.9 Å². The summed E-state index contributed by atoms with van der Waals surface area (Å²) in [7, 11) is 0. The van der Waals surface area contributed by atoms with Crippen molar-refractivity contribution in [1.29, 1.82) is 0 Å². The average Bonchev–Trinajstić information content (AvgIpc) is 2.40. The van der Waals surface area contributed by atoms with Crippen LogP contribution in [0.2, 0.25) is 0 Å². The quantitative estimate of drug-likeness (QED) is 0.876. The van der Waals surface area contributed by atoms with Gasteiger partial charge in [-0.1, -0.05) is 18.2 Å². The minimum atomic E-state index is -4.43. The lowest BCUT2D eigenvalue weighted by molar-refractivity contribution is -0.137. The van der Waals surface area contributed by atoms with Gasteiger partial charge < -0.3 is 5.73 Å². The molecule has 2 N–H and O–H groups in total. The topological polar surface area (TPSA) is 38.9 Å². The smallest absolute Gasteiger partial charge is 0.322 e. The van der Waals surface area contributed by atoms with Gasteiger partial charge in [-0.3, -0.25) is 4.98 Å². The van der Waals surface area contributed by atoms with E-state index in [0.29, 0.717) is 11.3 Å². The first kappa shape index (κ1) is 14.5. The predicted molar refractivity (Wildman–Crippen MR) is 66.3 cm³/mol. The van der Waals surface area contributed by atoms with Crippen LogP contribution in [-0.2, 0) is 12.6 Å². The Morgan fingerprint density at radius 2 is 1.80 bits per heavy atom. The summed E-state index contributed by atoms with van der Waals surface area (Å²) in [6.07, 6.45) is -3.53. The van der Waals surface area contributed by atoms with E-state index in [1.807, 2.05) is 0 Å². The number of nitrogens with two attached hydrogens (primary N) is 1. The van der Waals surface area contributed by atoms with Gasteiger partial charge in [0.15, 0.2) is 0 Å². The van der Waals surface area contributed by atoms with Gasteiger partial charge in [0.25, 0.3) is 0 Å². The maximum Gasteiger partial charge on any atom is 0.417 e. The minimum Gasteiger partial charge on any atom is -0.322 e. The molecule has 1 atom stereocenters. The largest absolute Gasteiger partial charge is 0.417 e. The number of aromatic nitrogens is 1. The van der Waals surface area contributed by atoms with Crippen molar-refractivity contribution in [1.82, 2.24) is 4.98 Å². The molecule has 0 aliphatic heterocycles. The van der Waals surface area contributed by atoms with E-state index in [1.165, 1.54) is 12.1 Å². The van der Waals surface area contributed by atoms with E-state index in [2.05, 4.69) is 4.98 Å². The second kappa shape index (κ2) is 5.58. The molecule has 0 bridgehead atoms. The molecule has 106 valence electrons. The van der Waals surface area contributed by atoms with Gasteiger partial charge in [-0.2, -0.15) is 13.2 Å². The lowest BCUT2D eigenvalue weighted by Crippen LogP contribution is -2.16. The maximum atomic E-state index is 13.5. The van der Waals surface area contributed by atoms with Crippen molar-refractivity contribution in [2.75, 3.05) is 0 Å². The van der Waals surface area contributed by atoms with Crippen molar-refractivity contribution < 1.29 is 17.6 Å². The molecule has 1 aromatic carbocycles. The van der Waals surface area contributed by atoms with E-state index < -0.39 is 23.6 Å². The zero-order chi connectivity index (χ0) is 14.8. The fourth-order valence-corrected chi connectivity index (χ4v) is 1.80. The highest BCUT2D eigenvalue weighted by Gasteiger charge is 2.30. The van der Waals surface area contributed by atoms with Gasteiger partial charge in [0.05, 0.1) is 17.3 Å². The summed E-state index contributed by atoms with van der Waals surface area (Å²) in [4.78, 5) is 3.70. The number of hydrogen-bond acceptors (Lipinski definition) is 2. The Bertz CT molecular complexity index is 578. The molecule has 0 radical (unpaired) electrons. The summed E-state index contributed by atoms with van der Waals surface area (Å²) in [5.74, 6) is -0.394. The molecule has 2 nitrogen and oxygen atoms in total. The molecule has 2 aromatic rings. The van der Waals surface area contributed by atoms with E-state index in [0.717, 1.165) is 12.3 Å². The van der Waals surface area contributed by atoms with E-state index in [1.54, 1.807) is 18.2 Å². The molecule has 1 unspecified atom stereocenters. The van der Waals surface area contributed by atoms with Crippen LogP contribution in [-0.4, -0.2) is 4.98 Å². The predicted octanol–water partition coefficient (Wildman–Crippen LogP) is 3.48. The van der Waals surface area contributed by atoms with Gasteiger partial charge in [0.2, 0.25) is 0 Å². The normalized spacial score (nSPS) is 13.2. The lowest BCUT2D eigenvalue weighted by Gasteiger charge is -2.13. The van der Waals surface area contributed by atoms with Crippen molar-refractivity contribution in [3.63, 3.8) is 0 Å². The Labute approximate surface area is 113 Å². The highest BCUT2D eigenvalue weighted by molar-refractivity contribution is 5.23. The van der Waals surface area contributed by atoms with Crippen molar-refractivity contribution in [2.24, 2.45) is 5.73 Å². The van der Waals surface area contributed by atoms with E-state index in [-0.39, 0.29) is 6.42 Å². The van der Waals surface area contributed by atoms with Crippen LogP contribution in [0, 0.1) is 5.82 Å². The maximum absolute atomic E-state index is 13.5. The Morgan fingerprint density at radius 1 is 1.10 bits per heavy atom. The standard InChI is InChI=1S/C14H12F4N2/c15-11-4-2-1-3-9(11)7-12(19)13-6-5-10(8-20-13)14(16,17)18/h1-6,8,12H,7,19H2. The van der Waals surface area contributed by atoms with E-state index >= 15 is 0 Å². The van der Waals surface area contributed by atoms with Crippen LogP contribution >= 0.6 is 0 Å². The highest BCUT2D eigenvalue weighted by Crippen LogP contribution is 2.29. The number of hydrogen-bond donors (Lipinski definition) is 1. The number of benzene rings is 1. The molecule has 0 saturated carbocycles. The van der Waals surface area contributed by atoms with E-state index in [9.17, 15) is 17.6 Å². The van der Waals surface area contributed by atoms with Gasteiger partial charge in [0.1, 0.15) is 5.82 Å². The number of nitrogens with zero attached hydrogens (tertiary/aromatic N) is 1. The van der Waals surface area contributed by atoms with Crippen LogP contribution in [0.3, 0.4) is 0 Å². The van der Waals surface area contributed by atoms with Gasteiger partial charge in [-0.05, 0) is 30.2 Å². The summed E-state index contributed by atoms with van der Waals surface area (Å²) in [5, 5.41) is 0.